The van der Waals surface area contributed by atoms with Gasteiger partial charge in [-0.25, -0.2) is 0 Å². The molecule has 0 bridgehead atoms. The Kier molecular flexibility index (Phi) is 8.24. The van der Waals surface area contributed by atoms with Crippen molar-refractivity contribution in [2.75, 3.05) is 11.9 Å². The Balaban J connectivity index is 2.33. The molecule has 1 N–H and O–H groups in total. The van der Waals surface area contributed by atoms with E-state index in [1.165, 1.54) is 24.8 Å². The molecule has 4 heteroatoms. The Hall–Kier alpha value is -2.36. The van der Waals surface area contributed by atoms with Crippen molar-refractivity contribution in [3.63, 3.8) is 0 Å². The number of nitrogens with one attached hydrogen (secondary N) is 1. The molecule has 29 heavy (non-hydrogen) atoms. The van der Waals surface area contributed by atoms with E-state index in [1.54, 1.807) is 6.20 Å². The summed E-state index contributed by atoms with van der Waals surface area (Å²) >= 11 is 0. The summed E-state index contributed by atoms with van der Waals surface area (Å²) in [6.07, 6.45) is 11.3. The maximum atomic E-state index is 13.4. The van der Waals surface area contributed by atoms with Gasteiger partial charge in [-0.05, 0) is 49.6 Å². The monoisotopic (exact) mass is 395 g/mol. The lowest BCUT2D eigenvalue weighted by Crippen LogP contribution is -2.49. The number of allylic oxidation sites excluding steroid dienone is 1. The van der Waals surface area contributed by atoms with Gasteiger partial charge in [0.25, 0.3) is 0 Å². The van der Waals surface area contributed by atoms with Gasteiger partial charge in [-0.15, -0.1) is 0 Å². The molecule has 2 rings (SSSR count). The number of hydrogen-bond acceptors (Lipinski definition) is 3. The van der Waals surface area contributed by atoms with Crippen molar-refractivity contribution in [3.05, 3.63) is 53.8 Å². The highest BCUT2D eigenvalue weighted by molar-refractivity contribution is 5.89. The fourth-order valence-electron chi connectivity index (χ4n) is 3.93. The minimum atomic E-state index is -0.459. The second-order valence-electron chi connectivity index (χ2n) is 8.97. The first-order chi connectivity index (χ1) is 13.8. The van der Waals surface area contributed by atoms with Crippen molar-refractivity contribution in [2.45, 2.75) is 77.3 Å². The zero-order valence-corrected chi connectivity index (χ0v) is 18.7. The third-order valence-electron chi connectivity index (χ3n) is 5.64. The molecule has 1 unspecified atom stereocenters. The quantitative estimate of drug-likeness (QED) is 0.496. The highest BCUT2D eigenvalue weighted by Crippen LogP contribution is 2.27. The standard InChI is InChI=1S/C25H37N3O/c1-7-11-19(18-26-5)23(24(29)27-21-12-9-8-10-13-21)28(6)22-16-14-20(15-17-22)25(2,3)4/h7,11,14-18,21,23H,5,8-10,12-13H2,1-4,6H3,(H,27,29)/b11-7-,19-18+. The lowest BCUT2D eigenvalue weighted by atomic mass is 9.87. The maximum Gasteiger partial charge on any atom is 0.247 e. The normalized spacial score (nSPS) is 17.2. The predicted molar refractivity (Wildman–Crippen MR) is 125 cm³/mol. The molecule has 0 aliphatic heterocycles. The van der Waals surface area contributed by atoms with Crippen LogP contribution in [0.4, 0.5) is 5.69 Å². The van der Waals surface area contributed by atoms with Crippen molar-refractivity contribution in [3.8, 4) is 0 Å². The fraction of sp³-hybridized carbons (Fsp3) is 0.520. The van der Waals surface area contributed by atoms with Gasteiger partial charge in [-0.1, -0.05) is 64.3 Å². The van der Waals surface area contributed by atoms with E-state index in [9.17, 15) is 4.79 Å². The van der Waals surface area contributed by atoms with Crippen LogP contribution in [0.2, 0.25) is 0 Å². The summed E-state index contributed by atoms with van der Waals surface area (Å²) in [5.74, 6) is 0.0206. The second-order valence-corrected chi connectivity index (χ2v) is 8.97. The molecule has 1 saturated carbocycles. The zero-order chi connectivity index (χ0) is 21.4. The lowest BCUT2D eigenvalue weighted by molar-refractivity contribution is -0.122. The number of anilines is 1. The van der Waals surface area contributed by atoms with Gasteiger partial charge in [-0.2, -0.15) is 0 Å². The van der Waals surface area contributed by atoms with Gasteiger partial charge in [0.2, 0.25) is 5.91 Å². The third-order valence-corrected chi connectivity index (χ3v) is 5.64. The van der Waals surface area contributed by atoms with E-state index in [4.69, 9.17) is 0 Å². The highest BCUT2D eigenvalue weighted by Gasteiger charge is 2.29. The molecule has 1 aromatic rings. The van der Waals surface area contributed by atoms with Crippen LogP contribution < -0.4 is 10.2 Å². The Morgan fingerprint density at radius 1 is 1.21 bits per heavy atom. The van der Waals surface area contributed by atoms with E-state index in [0.29, 0.717) is 0 Å². The lowest BCUT2D eigenvalue weighted by Gasteiger charge is -2.33. The fourth-order valence-corrected chi connectivity index (χ4v) is 3.93. The number of likely N-dealkylation sites (N-methyl/N-ethyl adjacent to an activating group) is 1. The molecular weight excluding hydrogens is 358 g/mol. The van der Waals surface area contributed by atoms with Gasteiger partial charge < -0.3 is 10.2 Å². The molecular formula is C25H37N3O. The van der Waals surface area contributed by atoms with E-state index in [1.807, 2.05) is 31.0 Å². The zero-order valence-electron chi connectivity index (χ0n) is 18.7. The number of aliphatic imine (C=N–C) groups is 1. The van der Waals surface area contributed by atoms with Crippen LogP contribution in [-0.4, -0.2) is 31.8 Å². The molecule has 0 heterocycles. The maximum absolute atomic E-state index is 13.4. The number of benzene rings is 1. The largest absolute Gasteiger partial charge is 0.359 e. The van der Waals surface area contributed by atoms with Crippen molar-refractivity contribution >= 4 is 18.3 Å². The van der Waals surface area contributed by atoms with E-state index in [-0.39, 0.29) is 17.4 Å². The average molecular weight is 396 g/mol. The Morgan fingerprint density at radius 3 is 2.34 bits per heavy atom. The number of rotatable bonds is 7. The Bertz CT molecular complexity index is 734. The van der Waals surface area contributed by atoms with Crippen molar-refractivity contribution in [2.24, 2.45) is 4.99 Å². The van der Waals surface area contributed by atoms with E-state index in [2.05, 4.69) is 62.1 Å². The van der Waals surface area contributed by atoms with Gasteiger partial charge in [0, 0.05) is 30.5 Å². The molecule has 0 saturated heterocycles. The molecule has 158 valence electrons. The van der Waals surface area contributed by atoms with E-state index >= 15 is 0 Å². The topological polar surface area (TPSA) is 44.7 Å². The first-order valence-corrected chi connectivity index (χ1v) is 10.7. The molecule has 1 aliphatic carbocycles. The first kappa shape index (κ1) is 22.9. The van der Waals surface area contributed by atoms with Crippen LogP contribution in [0, 0.1) is 0 Å². The minimum absolute atomic E-state index is 0.0206. The summed E-state index contributed by atoms with van der Waals surface area (Å²) in [4.78, 5) is 19.3. The third kappa shape index (κ3) is 6.31. The van der Waals surface area contributed by atoms with Gasteiger partial charge in [0.1, 0.15) is 6.04 Å². The SMILES string of the molecule is C=N/C=C(\C=C/C)C(C(=O)NC1CCCCC1)N(C)c1ccc(C(C)(C)C)cc1. The molecule has 1 aliphatic rings. The number of carbonyl (C=O) groups is 1. The smallest absolute Gasteiger partial charge is 0.247 e. The molecule has 1 amide bonds. The molecule has 0 radical (unpaired) electrons. The van der Waals surface area contributed by atoms with Crippen LogP contribution >= 0.6 is 0 Å². The predicted octanol–water partition coefficient (Wildman–Crippen LogP) is 5.40. The van der Waals surface area contributed by atoms with Crippen LogP contribution in [0.25, 0.3) is 0 Å². The Labute approximate surface area is 176 Å². The summed E-state index contributed by atoms with van der Waals surface area (Å²) in [7, 11) is 1.97. The first-order valence-electron chi connectivity index (χ1n) is 10.7. The molecule has 4 nitrogen and oxygen atoms in total. The van der Waals surface area contributed by atoms with Gasteiger partial charge in [0.05, 0.1) is 0 Å². The highest BCUT2D eigenvalue weighted by atomic mass is 16.2. The number of nitrogens with zero attached hydrogens (tertiary/aromatic N) is 2. The molecule has 1 aromatic carbocycles. The van der Waals surface area contributed by atoms with Crippen LogP contribution in [0.3, 0.4) is 0 Å². The van der Waals surface area contributed by atoms with Gasteiger partial charge in [-0.3, -0.25) is 9.79 Å². The second kappa shape index (κ2) is 10.4. The summed E-state index contributed by atoms with van der Waals surface area (Å²) in [6.45, 7) is 12.2. The molecule has 0 spiro atoms. The van der Waals surface area contributed by atoms with E-state index in [0.717, 1.165) is 24.1 Å². The summed E-state index contributed by atoms with van der Waals surface area (Å²) in [5, 5.41) is 3.29. The van der Waals surface area contributed by atoms with Crippen molar-refractivity contribution in [1.29, 1.82) is 0 Å². The van der Waals surface area contributed by atoms with Gasteiger partial charge >= 0.3 is 0 Å². The van der Waals surface area contributed by atoms with Crippen molar-refractivity contribution < 1.29 is 4.79 Å². The van der Waals surface area contributed by atoms with Crippen LogP contribution in [-0.2, 0) is 10.2 Å². The minimum Gasteiger partial charge on any atom is -0.359 e. The van der Waals surface area contributed by atoms with E-state index < -0.39 is 6.04 Å². The number of hydrogen-bond donors (Lipinski definition) is 1. The number of carbonyl (C=O) groups excluding carboxylic acids is 1. The summed E-state index contributed by atoms with van der Waals surface area (Å²) in [5.41, 5.74) is 3.20. The van der Waals surface area contributed by atoms with Gasteiger partial charge in [0.15, 0.2) is 0 Å². The number of amides is 1. The molecule has 1 fully saturated rings. The van der Waals surface area contributed by atoms with Crippen molar-refractivity contribution in [1.82, 2.24) is 5.32 Å². The van der Waals surface area contributed by atoms with Crippen LogP contribution in [0.15, 0.2) is 53.2 Å². The average Bonchev–Trinajstić information content (AvgIpc) is 2.68. The molecule has 0 aromatic heterocycles. The Morgan fingerprint density at radius 2 is 1.83 bits per heavy atom. The summed E-state index contributed by atoms with van der Waals surface area (Å²) < 4.78 is 0. The molecule has 1 atom stereocenters. The van der Waals surface area contributed by atoms with Crippen LogP contribution in [0.5, 0.6) is 0 Å². The van der Waals surface area contributed by atoms with Crippen LogP contribution in [0.1, 0.15) is 65.4 Å². The summed E-state index contributed by atoms with van der Waals surface area (Å²) in [6, 6.07) is 8.28.